The van der Waals surface area contributed by atoms with Gasteiger partial charge in [-0.3, -0.25) is 0 Å². The number of nitrogens with zero attached hydrogens (tertiary/aromatic N) is 2. The zero-order valence-electron chi connectivity index (χ0n) is 9.01. The van der Waals surface area contributed by atoms with Crippen molar-refractivity contribution < 1.29 is 14.6 Å². The fourth-order valence-corrected chi connectivity index (χ4v) is 1.16. The van der Waals surface area contributed by atoms with Gasteiger partial charge in [0.1, 0.15) is 0 Å². The van der Waals surface area contributed by atoms with E-state index in [0.717, 1.165) is 13.0 Å². The number of hydrogen-bond donors (Lipinski definition) is 1. The molecule has 5 heteroatoms. The summed E-state index contributed by atoms with van der Waals surface area (Å²) in [6.45, 7) is 5.38. The number of rotatable bonds is 6. The van der Waals surface area contributed by atoms with Crippen LogP contribution in [-0.2, 0) is 11.3 Å². The van der Waals surface area contributed by atoms with Crippen molar-refractivity contribution in [3.8, 4) is 0 Å². The lowest BCUT2D eigenvalue weighted by Crippen LogP contribution is -2.06. The van der Waals surface area contributed by atoms with E-state index in [0.29, 0.717) is 6.61 Å². The number of aryl methyl sites for hydroxylation is 1. The summed E-state index contributed by atoms with van der Waals surface area (Å²) in [5, 5.41) is 8.64. The van der Waals surface area contributed by atoms with Gasteiger partial charge in [-0.2, -0.15) is 0 Å². The largest absolute Gasteiger partial charge is 0.476 e. The van der Waals surface area contributed by atoms with E-state index in [-0.39, 0.29) is 11.8 Å². The highest BCUT2D eigenvalue weighted by atomic mass is 16.5. The van der Waals surface area contributed by atoms with E-state index < -0.39 is 5.97 Å². The van der Waals surface area contributed by atoms with Gasteiger partial charge < -0.3 is 14.4 Å². The Labute approximate surface area is 88.7 Å². The van der Waals surface area contributed by atoms with Crippen LogP contribution in [0.25, 0.3) is 0 Å². The minimum atomic E-state index is -0.993. The van der Waals surface area contributed by atoms with E-state index in [9.17, 15) is 4.79 Å². The van der Waals surface area contributed by atoms with Gasteiger partial charge in [0, 0.05) is 19.3 Å². The van der Waals surface area contributed by atoms with Crippen molar-refractivity contribution in [3.05, 3.63) is 18.2 Å². The molecule has 5 nitrogen and oxygen atoms in total. The Hall–Kier alpha value is -1.36. The predicted molar refractivity (Wildman–Crippen MR) is 54.9 cm³/mol. The number of aromatic nitrogens is 2. The Morgan fingerprint density at radius 2 is 2.40 bits per heavy atom. The molecule has 0 saturated heterocycles. The van der Waals surface area contributed by atoms with Gasteiger partial charge in [0.25, 0.3) is 0 Å². The lowest BCUT2D eigenvalue weighted by molar-refractivity contribution is 0.0691. The maximum atomic E-state index is 10.5. The maximum Gasteiger partial charge on any atom is 0.356 e. The Balaban J connectivity index is 2.29. The van der Waals surface area contributed by atoms with Crippen LogP contribution in [0.5, 0.6) is 0 Å². The van der Waals surface area contributed by atoms with Gasteiger partial charge in [-0.25, -0.2) is 9.78 Å². The average Bonchev–Trinajstić information content (AvgIpc) is 2.60. The van der Waals surface area contributed by atoms with E-state index in [1.54, 1.807) is 4.57 Å². The third-order valence-electron chi connectivity index (χ3n) is 1.86. The van der Waals surface area contributed by atoms with Crippen molar-refractivity contribution in [2.75, 3.05) is 6.61 Å². The van der Waals surface area contributed by atoms with E-state index in [2.05, 4.69) is 4.98 Å². The zero-order chi connectivity index (χ0) is 11.3. The molecular weight excluding hydrogens is 196 g/mol. The SMILES string of the molecule is CC(C)OCCCn1cnc(C(=O)O)c1. The van der Waals surface area contributed by atoms with Crippen LogP contribution in [0.3, 0.4) is 0 Å². The van der Waals surface area contributed by atoms with E-state index in [1.807, 2.05) is 13.8 Å². The zero-order valence-corrected chi connectivity index (χ0v) is 9.01. The van der Waals surface area contributed by atoms with Crippen molar-refractivity contribution in [2.45, 2.75) is 32.9 Å². The van der Waals surface area contributed by atoms with Crippen LogP contribution >= 0.6 is 0 Å². The number of imidazole rings is 1. The molecule has 0 unspecified atom stereocenters. The molecule has 0 fully saturated rings. The Morgan fingerprint density at radius 1 is 1.67 bits per heavy atom. The minimum Gasteiger partial charge on any atom is -0.476 e. The molecule has 1 heterocycles. The smallest absolute Gasteiger partial charge is 0.356 e. The summed E-state index contributed by atoms with van der Waals surface area (Å²) in [6.07, 6.45) is 4.15. The molecule has 15 heavy (non-hydrogen) atoms. The summed E-state index contributed by atoms with van der Waals surface area (Å²) in [5.41, 5.74) is 0.0831. The van der Waals surface area contributed by atoms with Crippen molar-refractivity contribution in [2.24, 2.45) is 0 Å². The van der Waals surface area contributed by atoms with Crippen LogP contribution in [0.4, 0.5) is 0 Å². The van der Waals surface area contributed by atoms with Crippen molar-refractivity contribution in [3.63, 3.8) is 0 Å². The molecule has 0 radical (unpaired) electrons. The second-order valence-electron chi connectivity index (χ2n) is 3.57. The first-order chi connectivity index (χ1) is 7.09. The van der Waals surface area contributed by atoms with E-state index >= 15 is 0 Å². The van der Waals surface area contributed by atoms with Gasteiger partial charge in [0.15, 0.2) is 5.69 Å². The Morgan fingerprint density at radius 3 is 2.93 bits per heavy atom. The second kappa shape index (κ2) is 5.50. The fraction of sp³-hybridized carbons (Fsp3) is 0.600. The molecule has 1 N–H and O–H groups in total. The molecular formula is C10H16N2O3. The van der Waals surface area contributed by atoms with Gasteiger partial charge in [-0.1, -0.05) is 0 Å². The Bertz CT molecular complexity index is 320. The highest BCUT2D eigenvalue weighted by molar-refractivity contribution is 5.84. The number of carboxylic acid groups (broad SMARTS) is 1. The molecule has 84 valence electrons. The molecule has 0 aromatic carbocycles. The molecule has 0 atom stereocenters. The van der Waals surface area contributed by atoms with Crippen molar-refractivity contribution in [1.29, 1.82) is 0 Å². The fourth-order valence-electron chi connectivity index (χ4n) is 1.16. The first kappa shape index (κ1) is 11.7. The summed E-state index contributed by atoms with van der Waals surface area (Å²) >= 11 is 0. The first-order valence-electron chi connectivity index (χ1n) is 4.96. The third kappa shape index (κ3) is 4.12. The maximum absolute atomic E-state index is 10.5. The first-order valence-corrected chi connectivity index (χ1v) is 4.96. The van der Waals surface area contributed by atoms with Crippen LogP contribution in [-0.4, -0.2) is 33.3 Å². The third-order valence-corrected chi connectivity index (χ3v) is 1.86. The van der Waals surface area contributed by atoms with Crippen molar-refractivity contribution in [1.82, 2.24) is 9.55 Å². The number of aromatic carboxylic acids is 1. The van der Waals surface area contributed by atoms with Gasteiger partial charge in [0.2, 0.25) is 0 Å². The summed E-state index contributed by atoms with van der Waals surface area (Å²) < 4.78 is 7.12. The van der Waals surface area contributed by atoms with Gasteiger partial charge >= 0.3 is 5.97 Å². The topological polar surface area (TPSA) is 64.4 Å². The van der Waals surface area contributed by atoms with Crippen LogP contribution in [0.1, 0.15) is 30.8 Å². The molecule has 0 aliphatic rings. The lowest BCUT2D eigenvalue weighted by Gasteiger charge is -2.06. The standard InChI is InChI=1S/C10H16N2O3/c1-8(2)15-5-3-4-12-6-9(10(13)14)11-7-12/h6-8H,3-5H2,1-2H3,(H,13,14). The summed E-state index contributed by atoms with van der Waals surface area (Å²) in [5.74, 6) is -0.993. The number of ether oxygens (including phenoxy) is 1. The molecule has 0 amide bonds. The Kier molecular flexibility index (Phi) is 4.30. The molecule has 1 rings (SSSR count). The molecule has 0 spiro atoms. The van der Waals surface area contributed by atoms with Crippen LogP contribution in [0.2, 0.25) is 0 Å². The van der Waals surface area contributed by atoms with Gasteiger partial charge in [0.05, 0.1) is 12.4 Å². The van der Waals surface area contributed by atoms with Gasteiger partial charge in [-0.15, -0.1) is 0 Å². The monoisotopic (exact) mass is 212 g/mol. The molecule has 0 aliphatic carbocycles. The molecule has 0 bridgehead atoms. The minimum absolute atomic E-state index is 0.0831. The van der Waals surface area contributed by atoms with E-state index in [1.165, 1.54) is 12.5 Å². The van der Waals surface area contributed by atoms with Crippen molar-refractivity contribution >= 4 is 5.97 Å². The number of carboxylic acids is 1. The number of carbonyl (C=O) groups is 1. The van der Waals surface area contributed by atoms with Crippen LogP contribution < -0.4 is 0 Å². The second-order valence-corrected chi connectivity index (χ2v) is 3.57. The molecule has 1 aromatic heterocycles. The summed E-state index contributed by atoms with van der Waals surface area (Å²) in [4.78, 5) is 14.3. The highest BCUT2D eigenvalue weighted by Gasteiger charge is 2.05. The van der Waals surface area contributed by atoms with E-state index in [4.69, 9.17) is 9.84 Å². The normalized spacial score (nSPS) is 10.9. The number of hydrogen-bond acceptors (Lipinski definition) is 3. The summed E-state index contributed by atoms with van der Waals surface area (Å²) in [6, 6.07) is 0. The quantitative estimate of drug-likeness (QED) is 0.724. The van der Waals surface area contributed by atoms with Crippen LogP contribution in [0, 0.1) is 0 Å². The van der Waals surface area contributed by atoms with Gasteiger partial charge in [-0.05, 0) is 20.3 Å². The highest BCUT2D eigenvalue weighted by Crippen LogP contribution is 1.98. The average molecular weight is 212 g/mol. The molecule has 0 aliphatic heterocycles. The predicted octanol–water partition coefficient (Wildman–Crippen LogP) is 1.40. The lowest BCUT2D eigenvalue weighted by atomic mass is 10.4. The summed E-state index contributed by atoms with van der Waals surface area (Å²) in [7, 11) is 0. The molecule has 1 aromatic rings. The molecule has 0 saturated carbocycles. The van der Waals surface area contributed by atoms with Crippen LogP contribution in [0.15, 0.2) is 12.5 Å².